The summed E-state index contributed by atoms with van der Waals surface area (Å²) in [5.74, 6) is -0.354. The summed E-state index contributed by atoms with van der Waals surface area (Å²) in [7, 11) is 0. The Hall–Kier alpha value is -2.14. The molecule has 5 heteroatoms. The Kier molecular flexibility index (Phi) is 4.53. The van der Waals surface area contributed by atoms with Crippen molar-refractivity contribution in [3.05, 3.63) is 35.9 Å². The molecule has 0 saturated heterocycles. The van der Waals surface area contributed by atoms with Crippen LogP contribution in [0.2, 0.25) is 0 Å². The van der Waals surface area contributed by atoms with Gasteiger partial charge in [0.2, 0.25) is 0 Å². The number of aliphatic carboxylic acids is 1. The van der Waals surface area contributed by atoms with Crippen LogP contribution in [0.15, 0.2) is 30.3 Å². The van der Waals surface area contributed by atoms with Crippen LogP contribution in [0, 0.1) is 0 Å². The Morgan fingerprint density at radius 2 is 2.10 bits per heavy atom. The predicted molar refractivity (Wildman–Crippen MR) is 77.8 cm³/mol. The summed E-state index contributed by atoms with van der Waals surface area (Å²) in [6.07, 6.45) is 0.812. The van der Waals surface area contributed by atoms with Gasteiger partial charge in [-0.3, -0.25) is 4.79 Å². The number of carboxylic acid groups (broad SMARTS) is 1. The van der Waals surface area contributed by atoms with Crippen molar-refractivity contribution >= 4 is 22.7 Å². The smallest absolute Gasteiger partial charge is 0.323 e. The lowest BCUT2D eigenvalue weighted by atomic mass is 10.1. The monoisotopic (exact) mass is 274 g/mol. The highest BCUT2D eigenvalue weighted by molar-refractivity contribution is 5.82. The van der Waals surface area contributed by atoms with Crippen molar-refractivity contribution in [3.8, 4) is 0 Å². The van der Waals surface area contributed by atoms with Crippen molar-refractivity contribution in [2.75, 3.05) is 18.0 Å². The van der Waals surface area contributed by atoms with Gasteiger partial charge >= 0.3 is 5.97 Å². The number of fused-ring (bicyclic) bond motifs is 1. The molecule has 106 valence electrons. The Labute approximate surface area is 117 Å². The van der Waals surface area contributed by atoms with Crippen LogP contribution in [0.3, 0.4) is 0 Å². The number of aliphatic hydroxyl groups excluding tert-OH is 1. The molecule has 0 fully saturated rings. The van der Waals surface area contributed by atoms with Crippen molar-refractivity contribution in [3.63, 3.8) is 0 Å². The maximum Gasteiger partial charge on any atom is 0.323 e. The average molecular weight is 274 g/mol. The zero-order valence-electron chi connectivity index (χ0n) is 11.4. The Balaban J connectivity index is 2.50. The molecule has 0 radical (unpaired) electrons. The van der Waals surface area contributed by atoms with Crippen LogP contribution >= 0.6 is 0 Å². The van der Waals surface area contributed by atoms with Crippen LogP contribution < -0.4 is 4.90 Å². The van der Waals surface area contributed by atoms with E-state index in [2.05, 4.69) is 4.98 Å². The molecular formula is C15H18N2O3. The second-order valence-electron chi connectivity index (χ2n) is 4.64. The number of carbonyl (C=O) groups is 1. The minimum atomic E-state index is -0.905. The molecule has 1 heterocycles. The van der Waals surface area contributed by atoms with Crippen molar-refractivity contribution in [1.29, 1.82) is 0 Å². The molecular weight excluding hydrogens is 256 g/mol. The first-order valence-corrected chi connectivity index (χ1v) is 6.62. The largest absolute Gasteiger partial charge is 0.480 e. The van der Waals surface area contributed by atoms with E-state index in [-0.39, 0.29) is 13.2 Å². The van der Waals surface area contributed by atoms with Gasteiger partial charge in [-0.2, -0.15) is 0 Å². The van der Waals surface area contributed by atoms with Crippen LogP contribution in [0.1, 0.15) is 18.9 Å². The number of para-hydroxylation sites is 1. The number of pyridine rings is 1. The van der Waals surface area contributed by atoms with Crippen LogP contribution in [0.25, 0.3) is 10.9 Å². The number of carboxylic acids is 1. The predicted octanol–water partition coefficient (Wildman–Crippen LogP) is 2.03. The molecule has 0 amide bonds. The molecule has 2 rings (SSSR count). The quantitative estimate of drug-likeness (QED) is 0.843. The molecule has 0 aliphatic carbocycles. The molecule has 5 nitrogen and oxygen atoms in total. The zero-order chi connectivity index (χ0) is 14.5. The molecule has 0 aliphatic rings. The summed E-state index contributed by atoms with van der Waals surface area (Å²) in [6, 6.07) is 9.46. The lowest BCUT2D eigenvalue weighted by Gasteiger charge is -2.23. The number of aliphatic hydroxyl groups is 1. The molecule has 1 aromatic heterocycles. The first-order chi connectivity index (χ1) is 9.65. The Morgan fingerprint density at radius 3 is 2.75 bits per heavy atom. The summed E-state index contributed by atoms with van der Waals surface area (Å²) in [6.45, 7) is 2.29. The fourth-order valence-corrected chi connectivity index (χ4v) is 2.23. The number of nitrogens with zero attached hydrogens (tertiary/aromatic N) is 2. The van der Waals surface area contributed by atoms with Gasteiger partial charge in [-0.25, -0.2) is 4.98 Å². The van der Waals surface area contributed by atoms with Crippen LogP contribution in [0.5, 0.6) is 0 Å². The van der Waals surface area contributed by atoms with Gasteiger partial charge in [0, 0.05) is 17.5 Å². The first kappa shape index (κ1) is 14.3. The summed E-state index contributed by atoms with van der Waals surface area (Å²) < 4.78 is 0. The highest BCUT2D eigenvalue weighted by Crippen LogP contribution is 2.24. The molecule has 0 atom stereocenters. The van der Waals surface area contributed by atoms with Gasteiger partial charge in [0.05, 0.1) is 12.1 Å². The topological polar surface area (TPSA) is 73.7 Å². The number of aromatic nitrogens is 1. The molecule has 0 saturated carbocycles. The van der Waals surface area contributed by atoms with Gasteiger partial charge in [-0.15, -0.1) is 0 Å². The summed E-state index contributed by atoms with van der Waals surface area (Å²) >= 11 is 0. The molecule has 0 bridgehead atoms. The van der Waals surface area contributed by atoms with Gasteiger partial charge in [-0.1, -0.05) is 25.1 Å². The highest BCUT2D eigenvalue weighted by atomic mass is 16.4. The number of benzene rings is 1. The van der Waals surface area contributed by atoms with Crippen LogP contribution in [-0.4, -0.2) is 34.3 Å². The van der Waals surface area contributed by atoms with E-state index < -0.39 is 5.97 Å². The fourth-order valence-electron chi connectivity index (χ4n) is 2.23. The molecule has 0 unspecified atom stereocenters. The molecule has 0 aliphatic heterocycles. The Morgan fingerprint density at radius 1 is 1.35 bits per heavy atom. The standard InChI is InChI=1S/C15H18N2O3/c1-2-7-17(9-14(19)20)15-12(10-18)8-11-5-3-4-6-13(11)16-15/h3-6,8,18H,2,7,9-10H2,1H3,(H,19,20). The average Bonchev–Trinajstić information content (AvgIpc) is 2.45. The molecule has 20 heavy (non-hydrogen) atoms. The van der Waals surface area contributed by atoms with Gasteiger partial charge in [0.25, 0.3) is 0 Å². The van der Waals surface area contributed by atoms with E-state index in [9.17, 15) is 9.90 Å². The highest BCUT2D eigenvalue weighted by Gasteiger charge is 2.16. The molecule has 1 aromatic carbocycles. The zero-order valence-corrected chi connectivity index (χ0v) is 11.4. The van der Waals surface area contributed by atoms with E-state index in [0.29, 0.717) is 17.9 Å². The van der Waals surface area contributed by atoms with E-state index >= 15 is 0 Å². The number of anilines is 1. The van der Waals surface area contributed by atoms with E-state index in [1.54, 1.807) is 4.90 Å². The first-order valence-electron chi connectivity index (χ1n) is 6.62. The number of hydrogen-bond donors (Lipinski definition) is 2. The lowest BCUT2D eigenvalue weighted by Crippen LogP contribution is -2.32. The van der Waals surface area contributed by atoms with Crippen molar-refractivity contribution in [2.45, 2.75) is 20.0 Å². The maximum absolute atomic E-state index is 11.0. The third-order valence-electron chi connectivity index (χ3n) is 3.07. The molecule has 0 spiro atoms. The van der Waals surface area contributed by atoms with Crippen molar-refractivity contribution in [2.24, 2.45) is 0 Å². The van der Waals surface area contributed by atoms with Crippen molar-refractivity contribution < 1.29 is 15.0 Å². The minimum Gasteiger partial charge on any atom is -0.480 e. The summed E-state index contributed by atoms with van der Waals surface area (Å²) in [4.78, 5) is 17.2. The minimum absolute atomic E-state index is 0.119. The normalized spacial score (nSPS) is 10.7. The fraction of sp³-hybridized carbons (Fsp3) is 0.333. The summed E-state index contributed by atoms with van der Waals surface area (Å²) in [5.41, 5.74) is 1.45. The van der Waals surface area contributed by atoms with E-state index in [1.165, 1.54) is 0 Å². The van der Waals surface area contributed by atoms with Gasteiger partial charge < -0.3 is 15.1 Å². The molecule has 2 aromatic rings. The van der Waals surface area contributed by atoms with Crippen LogP contribution in [-0.2, 0) is 11.4 Å². The van der Waals surface area contributed by atoms with Crippen molar-refractivity contribution in [1.82, 2.24) is 4.98 Å². The SMILES string of the molecule is CCCN(CC(=O)O)c1nc2ccccc2cc1CO. The second-order valence-corrected chi connectivity index (χ2v) is 4.64. The second kappa shape index (κ2) is 6.34. The van der Waals surface area contributed by atoms with E-state index in [1.807, 2.05) is 37.3 Å². The third-order valence-corrected chi connectivity index (χ3v) is 3.07. The van der Waals surface area contributed by atoms with E-state index in [4.69, 9.17) is 5.11 Å². The lowest BCUT2D eigenvalue weighted by molar-refractivity contribution is -0.135. The van der Waals surface area contributed by atoms with Crippen LogP contribution in [0.4, 0.5) is 5.82 Å². The Bertz CT molecular complexity index is 613. The van der Waals surface area contributed by atoms with Gasteiger partial charge in [-0.05, 0) is 18.6 Å². The molecule has 2 N–H and O–H groups in total. The maximum atomic E-state index is 11.0. The number of rotatable bonds is 6. The van der Waals surface area contributed by atoms with Gasteiger partial charge in [0.15, 0.2) is 0 Å². The summed E-state index contributed by atoms with van der Waals surface area (Å²) in [5, 5.41) is 19.5. The van der Waals surface area contributed by atoms with E-state index in [0.717, 1.165) is 17.3 Å². The number of hydrogen-bond acceptors (Lipinski definition) is 4. The third kappa shape index (κ3) is 3.05. The van der Waals surface area contributed by atoms with Gasteiger partial charge in [0.1, 0.15) is 12.4 Å².